The van der Waals surface area contributed by atoms with Crippen molar-refractivity contribution in [3.8, 4) is 0 Å². The molecule has 0 radical (unpaired) electrons. The maximum Gasteiger partial charge on any atom is 0.262 e. The summed E-state index contributed by atoms with van der Waals surface area (Å²) >= 11 is 4.67. The van der Waals surface area contributed by atoms with Crippen molar-refractivity contribution < 1.29 is 9.59 Å². The third-order valence-electron chi connectivity index (χ3n) is 3.69. The Labute approximate surface area is 137 Å². The van der Waals surface area contributed by atoms with Crippen LogP contribution >= 0.6 is 27.3 Å². The first-order valence-electron chi connectivity index (χ1n) is 7.04. The summed E-state index contributed by atoms with van der Waals surface area (Å²) in [5.41, 5.74) is 0. The summed E-state index contributed by atoms with van der Waals surface area (Å²) in [6.07, 6.45) is 1.05. The van der Waals surface area contributed by atoms with Gasteiger partial charge in [0, 0.05) is 12.6 Å². The Bertz CT molecular complexity index is 520. The van der Waals surface area contributed by atoms with E-state index in [1.54, 1.807) is 13.0 Å². The van der Waals surface area contributed by atoms with Crippen molar-refractivity contribution in [2.24, 2.45) is 5.92 Å². The van der Waals surface area contributed by atoms with Crippen LogP contribution < -0.4 is 16.0 Å². The van der Waals surface area contributed by atoms with Crippen LogP contribution in [-0.2, 0) is 4.79 Å². The van der Waals surface area contributed by atoms with Gasteiger partial charge in [0.05, 0.1) is 8.66 Å². The van der Waals surface area contributed by atoms with E-state index < -0.39 is 6.04 Å². The van der Waals surface area contributed by atoms with E-state index in [9.17, 15) is 9.59 Å². The summed E-state index contributed by atoms with van der Waals surface area (Å²) in [6, 6.07) is 3.13. The maximum atomic E-state index is 12.2. The summed E-state index contributed by atoms with van der Waals surface area (Å²) in [6.45, 7) is 5.62. The molecule has 1 aromatic rings. The first kappa shape index (κ1) is 16.5. The van der Waals surface area contributed by atoms with Gasteiger partial charge in [-0.05, 0) is 53.9 Å². The molecule has 0 aliphatic carbocycles. The maximum absolute atomic E-state index is 12.2. The van der Waals surface area contributed by atoms with E-state index in [0.717, 1.165) is 23.3 Å². The number of hydrogen-bond donors (Lipinski definition) is 3. The molecular weight excluding hydrogens is 354 g/mol. The standard InChI is InChI=1S/C14H20BrN3O2S/c1-8-5-6-16-7-10(8)18-13(19)9(2)17-14(20)11-3-4-12(15)21-11/h3-4,8-10,16H,5-7H2,1-2H3,(H,17,20)(H,18,19). The Hall–Kier alpha value is -0.920. The molecule has 3 N–H and O–H groups in total. The van der Waals surface area contributed by atoms with E-state index in [1.165, 1.54) is 11.3 Å². The van der Waals surface area contributed by atoms with Crippen LogP contribution in [0.1, 0.15) is 29.9 Å². The van der Waals surface area contributed by atoms with Crippen molar-refractivity contribution in [1.82, 2.24) is 16.0 Å². The molecule has 2 amide bonds. The topological polar surface area (TPSA) is 70.2 Å². The second-order valence-electron chi connectivity index (χ2n) is 5.38. The van der Waals surface area contributed by atoms with E-state index >= 15 is 0 Å². The summed E-state index contributed by atoms with van der Waals surface area (Å²) in [4.78, 5) is 24.8. The van der Waals surface area contributed by atoms with Gasteiger partial charge in [-0.25, -0.2) is 0 Å². The molecule has 3 atom stereocenters. The Morgan fingerprint density at radius 3 is 2.86 bits per heavy atom. The number of piperidine rings is 1. The lowest BCUT2D eigenvalue weighted by molar-refractivity contribution is -0.123. The molecule has 21 heavy (non-hydrogen) atoms. The van der Waals surface area contributed by atoms with Crippen molar-refractivity contribution >= 4 is 39.1 Å². The lowest BCUT2D eigenvalue weighted by Gasteiger charge is -2.31. The summed E-state index contributed by atoms with van der Waals surface area (Å²) in [5.74, 6) is 0.0917. The SMILES string of the molecule is CC(NC(=O)c1ccc(Br)s1)C(=O)NC1CNCCC1C. The fraction of sp³-hybridized carbons (Fsp3) is 0.571. The van der Waals surface area contributed by atoms with Gasteiger partial charge >= 0.3 is 0 Å². The van der Waals surface area contributed by atoms with Crippen molar-refractivity contribution in [2.75, 3.05) is 13.1 Å². The molecule has 1 aliphatic heterocycles. The zero-order chi connectivity index (χ0) is 15.4. The molecule has 0 saturated carbocycles. The van der Waals surface area contributed by atoms with Crippen molar-refractivity contribution in [1.29, 1.82) is 0 Å². The van der Waals surface area contributed by atoms with Crippen LogP contribution in [0, 0.1) is 5.92 Å². The van der Waals surface area contributed by atoms with E-state index in [0.29, 0.717) is 10.8 Å². The first-order valence-corrected chi connectivity index (χ1v) is 8.65. The van der Waals surface area contributed by atoms with Crippen LogP contribution in [0.2, 0.25) is 0 Å². The zero-order valence-electron chi connectivity index (χ0n) is 12.1. The van der Waals surface area contributed by atoms with Gasteiger partial charge < -0.3 is 16.0 Å². The minimum atomic E-state index is -0.549. The van der Waals surface area contributed by atoms with Crippen LogP contribution in [-0.4, -0.2) is 37.0 Å². The number of amides is 2. The molecule has 2 heterocycles. The summed E-state index contributed by atoms with van der Waals surface area (Å²) in [5, 5.41) is 9.01. The minimum absolute atomic E-state index is 0.126. The van der Waals surface area contributed by atoms with E-state index in [2.05, 4.69) is 38.8 Å². The zero-order valence-corrected chi connectivity index (χ0v) is 14.5. The number of carbonyl (C=O) groups excluding carboxylic acids is 2. The largest absolute Gasteiger partial charge is 0.350 e. The molecule has 1 aromatic heterocycles. The van der Waals surface area contributed by atoms with E-state index in [1.807, 2.05) is 6.07 Å². The molecule has 1 fully saturated rings. The first-order chi connectivity index (χ1) is 9.97. The highest BCUT2D eigenvalue weighted by Gasteiger charge is 2.25. The van der Waals surface area contributed by atoms with Gasteiger partial charge in [-0.2, -0.15) is 0 Å². The Kier molecular flexibility index (Phi) is 5.78. The molecular formula is C14H20BrN3O2S. The number of rotatable bonds is 4. The average Bonchev–Trinajstić information content (AvgIpc) is 2.88. The second-order valence-corrected chi connectivity index (χ2v) is 7.85. The molecule has 1 aliphatic rings. The Morgan fingerprint density at radius 1 is 1.48 bits per heavy atom. The van der Waals surface area contributed by atoms with Gasteiger partial charge in [0.2, 0.25) is 5.91 Å². The van der Waals surface area contributed by atoms with Gasteiger partial charge in [0.15, 0.2) is 0 Å². The fourth-order valence-electron chi connectivity index (χ4n) is 2.26. The average molecular weight is 374 g/mol. The van der Waals surface area contributed by atoms with Crippen LogP contribution in [0.5, 0.6) is 0 Å². The van der Waals surface area contributed by atoms with Gasteiger partial charge in [-0.1, -0.05) is 6.92 Å². The molecule has 1 saturated heterocycles. The molecule has 7 heteroatoms. The van der Waals surface area contributed by atoms with E-state index in [-0.39, 0.29) is 17.9 Å². The number of thiophene rings is 1. The van der Waals surface area contributed by atoms with Gasteiger partial charge in [0.1, 0.15) is 6.04 Å². The molecule has 3 unspecified atom stereocenters. The predicted molar refractivity (Wildman–Crippen MR) is 87.5 cm³/mol. The molecule has 2 rings (SSSR count). The smallest absolute Gasteiger partial charge is 0.262 e. The van der Waals surface area contributed by atoms with E-state index in [4.69, 9.17) is 0 Å². The highest BCUT2D eigenvalue weighted by Crippen LogP contribution is 2.21. The lowest BCUT2D eigenvalue weighted by atomic mass is 9.94. The highest BCUT2D eigenvalue weighted by molar-refractivity contribution is 9.11. The lowest BCUT2D eigenvalue weighted by Crippen LogP contribution is -2.54. The summed E-state index contributed by atoms with van der Waals surface area (Å²) in [7, 11) is 0. The quantitative estimate of drug-likeness (QED) is 0.752. The predicted octanol–water partition coefficient (Wildman–Crippen LogP) is 1.74. The normalized spacial score (nSPS) is 23.4. The fourth-order valence-corrected chi connectivity index (χ4v) is 3.55. The van der Waals surface area contributed by atoms with Gasteiger partial charge in [-0.15, -0.1) is 11.3 Å². The Morgan fingerprint density at radius 2 is 2.24 bits per heavy atom. The highest BCUT2D eigenvalue weighted by atomic mass is 79.9. The third kappa shape index (κ3) is 4.52. The van der Waals surface area contributed by atoms with Crippen LogP contribution in [0.4, 0.5) is 0 Å². The second kappa shape index (κ2) is 7.38. The molecule has 0 bridgehead atoms. The number of carbonyl (C=O) groups is 2. The van der Waals surface area contributed by atoms with Crippen molar-refractivity contribution in [2.45, 2.75) is 32.4 Å². The molecule has 116 valence electrons. The number of hydrogen-bond acceptors (Lipinski definition) is 4. The summed E-state index contributed by atoms with van der Waals surface area (Å²) < 4.78 is 0.895. The molecule has 0 aromatic carbocycles. The Balaban J connectivity index is 1.86. The van der Waals surface area contributed by atoms with Crippen LogP contribution in [0.15, 0.2) is 15.9 Å². The molecule has 0 spiro atoms. The van der Waals surface area contributed by atoms with Crippen molar-refractivity contribution in [3.63, 3.8) is 0 Å². The minimum Gasteiger partial charge on any atom is -0.350 e. The third-order valence-corrected chi connectivity index (χ3v) is 5.32. The molecule has 5 nitrogen and oxygen atoms in total. The van der Waals surface area contributed by atoms with Crippen molar-refractivity contribution in [3.05, 3.63) is 20.8 Å². The van der Waals surface area contributed by atoms with Gasteiger partial charge in [-0.3, -0.25) is 9.59 Å². The van der Waals surface area contributed by atoms with Crippen LogP contribution in [0.3, 0.4) is 0 Å². The van der Waals surface area contributed by atoms with Gasteiger partial charge in [0.25, 0.3) is 5.91 Å². The number of halogens is 1. The van der Waals surface area contributed by atoms with Crippen LogP contribution in [0.25, 0.3) is 0 Å². The monoisotopic (exact) mass is 373 g/mol. The number of nitrogens with one attached hydrogen (secondary N) is 3.